The van der Waals surface area contributed by atoms with Crippen LogP contribution in [0.25, 0.3) is 10.9 Å². The number of carbonyl (C=O) groups excluding carboxylic acids is 1. The normalized spacial score (nSPS) is 10.8. The van der Waals surface area contributed by atoms with Gasteiger partial charge in [0.25, 0.3) is 5.91 Å². The molecule has 5 heteroatoms. The lowest BCUT2D eigenvalue weighted by molar-refractivity contribution is 0.0948. The van der Waals surface area contributed by atoms with E-state index < -0.39 is 0 Å². The summed E-state index contributed by atoms with van der Waals surface area (Å²) in [6.07, 6.45) is 1.82. The van der Waals surface area contributed by atoms with Gasteiger partial charge in [-0.15, -0.1) is 0 Å². The Morgan fingerprint density at radius 2 is 2.32 bits per heavy atom. The molecular formula is C14H13N3O2. The first-order valence-electron chi connectivity index (χ1n) is 6.00. The second-order valence-electron chi connectivity index (χ2n) is 4.36. The molecule has 1 aromatic carbocycles. The van der Waals surface area contributed by atoms with E-state index in [2.05, 4.69) is 15.5 Å². The molecule has 2 N–H and O–H groups in total. The van der Waals surface area contributed by atoms with Crippen molar-refractivity contribution in [3.05, 3.63) is 53.5 Å². The van der Waals surface area contributed by atoms with Crippen molar-refractivity contribution in [2.24, 2.45) is 0 Å². The van der Waals surface area contributed by atoms with Gasteiger partial charge in [-0.3, -0.25) is 4.79 Å². The highest BCUT2D eigenvalue weighted by atomic mass is 16.5. The molecule has 0 radical (unpaired) electrons. The molecule has 0 fully saturated rings. The third-order valence-corrected chi connectivity index (χ3v) is 2.93. The Kier molecular flexibility index (Phi) is 2.79. The lowest BCUT2D eigenvalue weighted by Gasteiger charge is -2.04. The Balaban J connectivity index is 1.78. The first kappa shape index (κ1) is 11.5. The Bertz CT molecular complexity index is 727. The highest BCUT2D eigenvalue weighted by Crippen LogP contribution is 2.16. The summed E-state index contributed by atoms with van der Waals surface area (Å²) in [6.45, 7) is 2.17. The standard InChI is InChI=1S/C14H13N3O2/c1-9-7-11(19-17-9)8-16-14(18)12-4-2-3-10-5-6-15-13(10)12/h2-7,15H,8H2,1H3,(H,16,18). The first-order valence-corrected chi connectivity index (χ1v) is 6.00. The minimum atomic E-state index is -0.137. The molecule has 3 aromatic rings. The Morgan fingerprint density at radius 3 is 3.11 bits per heavy atom. The predicted octanol–water partition coefficient (Wildman–Crippen LogP) is 2.39. The number of aryl methyl sites for hydroxylation is 1. The molecule has 96 valence electrons. The monoisotopic (exact) mass is 255 g/mol. The lowest BCUT2D eigenvalue weighted by atomic mass is 10.1. The molecule has 2 aromatic heterocycles. The van der Waals surface area contributed by atoms with Crippen molar-refractivity contribution in [2.75, 3.05) is 0 Å². The van der Waals surface area contributed by atoms with Crippen LogP contribution in [0.3, 0.4) is 0 Å². The molecule has 1 amide bonds. The zero-order valence-electron chi connectivity index (χ0n) is 10.4. The minimum absolute atomic E-state index is 0.137. The van der Waals surface area contributed by atoms with Gasteiger partial charge in [0.05, 0.1) is 23.3 Å². The van der Waals surface area contributed by atoms with Crippen molar-refractivity contribution in [1.82, 2.24) is 15.5 Å². The largest absolute Gasteiger partial charge is 0.361 e. The van der Waals surface area contributed by atoms with E-state index in [0.29, 0.717) is 17.9 Å². The Labute approximate surface area is 109 Å². The maximum Gasteiger partial charge on any atom is 0.253 e. The minimum Gasteiger partial charge on any atom is -0.361 e. The molecule has 0 saturated heterocycles. The van der Waals surface area contributed by atoms with E-state index in [1.807, 2.05) is 31.3 Å². The van der Waals surface area contributed by atoms with E-state index >= 15 is 0 Å². The number of H-pyrrole nitrogens is 1. The van der Waals surface area contributed by atoms with Gasteiger partial charge in [-0.1, -0.05) is 17.3 Å². The highest BCUT2D eigenvalue weighted by molar-refractivity contribution is 6.05. The number of fused-ring (bicyclic) bond motifs is 1. The highest BCUT2D eigenvalue weighted by Gasteiger charge is 2.11. The van der Waals surface area contributed by atoms with Crippen molar-refractivity contribution < 1.29 is 9.32 Å². The van der Waals surface area contributed by atoms with Gasteiger partial charge in [0.2, 0.25) is 0 Å². The van der Waals surface area contributed by atoms with Gasteiger partial charge in [-0.05, 0) is 19.1 Å². The van der Waals surface area contributed by atoms with Crippen LogP contribution in [0, 0.1) is 6.92 Å². The fourth-order valence-electron chi connectivity index (χ4n) is 2.04. The number of aromatic nitrogens is 2. The maximum atomic E-state index is 12.1. The topological polar surface area (TPSA) is 70.9 Å². The molecule has 0 aliphatic carbocycles. The van der Waals surface area contributed by atoms with Gasteiger partial charge in [0, 0.05) is 17.6 Å². The molecule has 0 atom stereocenters. The van der Waals surface area contributed by atoms with E-state index in [1.165, 1.54) is 0 Å². The zero-order valence-corrected chi connectivity index (χ0v) is 10.4. The van der Waals surface area contributed by atoms with Crippen LogP contribution in [0.15, 0.2) is 41.1 Å². The summed E-state index contributed by atoms with van der Waals surface area (Å²) < 4.78 is 5.05. The molecular weight excluding hydrogens is 242 g/mol. The Morgan fingerprint density at radius 1 is 1.42 bits per heavy atom. The number of para-hydroxylation sites is 1. The molecule has 0 aliphatic heterocycles. The zero-order chi connectivity index (χ0) is 13.2. The van der Waals surface area contributed by atoms with E-state index in [1.54, 1.807) is 12.1 Å². The molecule has 0 unspecified atom stereocenters. The molecule has 0 aliphatic rings. The number of benzene rings is 1. The molecule has 0 spiro atoms. The number of carbonyl (C=O) groups is 1. The predicted molar refractivity (Wildman–Crippen MR) is 70.7 cm³/mol. The molecule has 0 saturated carbocycles. The SMILES string of the molecule is Cc1cc(CNC(=O)c2cccc3cc[nH]c23)on1. The number of nitrogens with zero attached hydrogens (tertiary/aromatic N) is 1. The van der Waals surface area contributed by atoms with E-state index in [4.69, 9.17) is 4.52 Å². The van der Waals surface area contributed by atoms with Gasteiger partial charge in [0.15, 0.2) is 5.76 Å². The van der Waals surface area contributed by atoms with Crippen LogP contribution < -0.4 is 5.32 Å². The van der Waals surface area contributed by atoms with Gasteiger partial charge in [-0.2, -0.15) is 0 Å². The van der Waals surface area contributed by atoms with E-state index in [0.717, 1.165) is 16.6 Å². The van der Waals surface area contributed by atoms with Gasteiger partial charge in [0.1, 0.15) is 0 Å². The molecule has 2 heterocycles. The average molecular weight is 255 g/mol. The molecule has 0 bridgehead atoms. The van der Waals surface area contributed by atoms with Crippen LogP contribution in [0.5, 0.6) is 0 Å². The van der Waals surface area contributed by atoms with Crippen LogP contribution in [-0.4, -0.2) is 16.0 Å². The maximum absolute atomic E-state index is 12.1. The number of hydrogen-bond donors (Lipinski definition) is 2. The van der Waals surface area contributed by atoms with Crippen molar-refractivity contribution in [2.45, 2.75) is 13.5 Å². The molecule has 5 nitrogen and oxygen atoms in total. The van der Waals surface area contributed by atoms with Crippen molar-refractivity contribution >= 4 is 16.8 Å². The van der Waals surface area contributed by atoms with E-state index in [-0.39, 0.29) is 5.91 Å². The van der Waals surface area contributed by atoms with Crippen LogP contribution in [0.1, 0.15) is 21.8 Å². The lowest BCUT2D eigenvalue weighted by Crippen LogP contribution is -2.22. The third-order valence-electron chi connectivity index (χ3n) is 2.93. The summed E-state index contributed by atoms with van der Waals surface area (Å²) in [6, 6.07) is 9.35. The summed E-state index contributed by atoms with van der Waals surface area (Å²) in [4.78, 5) is 15.2. The van der Waals surface area contributed by atoms with Crippen LogP contribution >= 0.6 is 0 Å². The van der Waals surface area contributed by atoms with Gasteiger partial charge < -0.3 is 14.8 Å². The molecule has 19 heavy (non-hydrogen) atoms. The van der Waals surface area contributed by atoms with Crippen molar-refractivity contribution in [1.29, 1.82) is 0 Å². The first-order chi connectivity index (χ1) is 9.24. The van der Waals surface area contributed by atoms with Crippen molar-refractivity contribution in [3.63, 3.8) is 0 Å². The van der Waals surface area contributed by atoms with Crippen molar-refractivity contribution in [3.8, 4) is 0 Å². The van der Waals surface area contributed by atoms with Crippen LogP contribution in [0.4, 0.5) is 0 Å². The average Bonchev–Trinajstić information content (AvgIpc) is 3.03. The van der Waals surface area contributed by atoms with E-state index in [9.17, 15) is 4.79 Å². The summed E-state index contributed by atoms with van der Waals surface area (Å²) in [5.41, 5.74) is 2.27. The fourth-order valence-corrected chi connectivity index (χ4v) is 2.04. The number of nitrogens with one attached hydrogen (secondary N) is 2. The molecule has 3 rings (SSSR count). The van der Waals surface area contributed by atoms with Gasteiger partial charge in [-0.25, -0.2) is 0 Å². The second kappa shape index (κ2) is 4.61. The van der Waals surface area contributed by atoms with Crippen LogP contribution in [-0.2, 0) is 6.54 Å². The van der Waals surface area contributed by atoms with Gasteiger partial charge >= 0.3 is 0 Å². The Hall–Kier alpha value is -2.56. The number of rotatable bonds is 3. The summed E-state index contributed by atoms with van der Waals surface area (Å²) in [5, 5.41) is 7.61. The quantitative estimate of drug-likeness (QED) is 0.755. The summed E-state index contributed by atoms with van der Waals surface area (Å²) in [7, 11) is 0. The number of aromatic amines is 1. The number of hydrogen-bond acceptors (Lipinski definition) is 3. The smallest absolute Gasteiger partial charge is 0.253 e. The second-order valence-corrected chi connectivity index (χ2v) is 4.36. The summed E-state index contributed by atoms with van der Waals surface area (Å²) >= 11 is 0. The van der Waals surface area contributed by atoms with Crippen LogP contribution in [0.2, 0.25) is 0 Å². The number of amides is 1. The third kappa shape index (κ3) is 2.22. The fraction of sp³-hybridized carbons (Fsp3) is 0.143. The summed E-state index contributed by atoms with van der Waals surface area (Å²) in [5.74, 6) is 0.506.